The monoisotopic (exact) mass is 196 g/mol. The van der Waals surface area contributed by atoms with Crippen molar-refractivity contribution in [2.45, 2.75) is 52.4 Å². The summed E-state index contributed by atoms with van der Waals surface area (Å²) >= 11 is 5.68. The minimum absolute atomic E-state index is 0.458. The summed E-state index contributed by atoms with van der Waals surface area (Å²) in [6.45, 7) is 4.64. The molecule has 74 valence electrons. The minimum Gasteiger partial charge on any atom is -0.0888 e. The van der Waals surface area contributed by atoms with E-state index in [0.717, 1.165) is 11.8 Å². The molecule has 2 rings (SSSR count). The highest BCUT2D eigenvalue weighted by Gasteiger charge is 2.45. The van der Waals surface area contributed by atoms with E-state index in [4.69, 9.17) is 12.2 Å². The van der Waals surface area contributed by atoms with Crippen molar-refractivity contribution in [1.82, 2.24) is 0 Å². The van der Waals surface area contributed by atoms with Crippen LogP contribution in [-0.4, -0.2) is 4.86 Å². The molecule has 0 amide bonds. The molecule has 0 N–H and O–H groups in total. The van der Waals surface area contributed by atoms with Crippen LogP contribution in [0.3, 0.4) is 0 Å². The third kappa shape index (κ3) is 1.36. The Balaban J connectivity index is 2.25. The number of fused-ring (bicyclic) bond motifs is 2. The van der Waals surface area contributed by atoms with Gasteiger partial charge < -0.3 is 0 Å². The Morgan fingerprint density at radius 2 is 2.00 bits per heavy atom. The molecule has 2 unspecified atom stereocenters. The molecule has 2 fully saturated rings. The Bertz CT molecular complexity index is 215. The van der Waals surface area contributed by atoms with Gasteiger partial charge in [-0.3, -0.25) is 0 Å². The van der Waals surface area contributed by atoms with Crippen molar-refractivity contribution >= 4 is 17.1 Å². The molecule has 2 bridgehead atoms. The van der Waals surface area contributed by atoms with E-state index in [1.807, 2.05) is 0 Å². The van der Waals surface area contributed by atoms with Crippen molar-refractivity contribution in [3.05, 3.63) is 0 Å². The zero-order valence-electron chi connectivity index (χ0n) is 8.81. The highest BCUT2D eigenvalue weighted by Crippen LogP contribution is 2.51. The SMILES string of the molecule is CCC1(CC)CC2CCC(C2)C1=S. The molecular formula is C12H20S. The normalized spacial score (nSPS) is 36.6. The number of hydrogen-bond donors (Lipinski definition) is 0. The van der Waals surface area contributed by atoms with Gasteiger partial charge in [-0.25, -0.2) is 0 Å². The molecular weight excluding hydrogens is 176 g/mol. The lowest BCUT2D eigenvalue weighted by atomic mass is 9.66. The van der Waals surface area contributed by atoms with Crippen molar-refractivity contribution in [2.24, 2.45) is 17.3 Å². The Kier molecular flexibility index (Phi) is 2.48. The van der Waals surface area contributed by atoms with Crippen LogP contribution in [0.4, 0.5) is 0 Å². The summed E-state index contributed by atoms with van der Waals surface area (Å²) in [5.74, 6) is 1.82. The molecule has 0 heterocycles. The summed E-state index contributed by atoms with van der Waals surface area (Å²) < 4.78 is 0. The molecule has 1 heteroatoms. The van der Waals surface area contributed by atoms with Crippen molar-refractivity contribution in [3.8, 4) is 0 Å². The molecule has 0 nitrogen and oxygen atoms in total. The zero-order valence-corrected chi connectivity index (χ0v) is 9.62. The highest BCUT2D eigenvalue weighted by atomic mass is 32.1. The Morgan fingerprint density at radius 3 is 2.62 bits per heavy atom. The molecule has 2 atom stereocenters. The number of rotatable bonds is 2. The molecule has 0 radical (unpaired) electrons. The number of hydrogen-bond acceptors (Lipinski definition) is 1. The molecule has 0 aromatic rings. The molecule has 0 saturated heterocycles. The molecule has 0 aliphatic heterocycles. The predicted octanol–water partition coefficient (Wildman–Crippen LogP) is 3.98. The van der Waals surface area contributed by atoms with E-state index in [0.29, 0.717) is 5.41 Å². The van der Waals surface area contributed by atoms with Gasteiger partial charge in [0.25, 0.3) is 0 Å². The van der Waals surface area contributed by atoms with Gasteiger partial charge in [0.2, 0.25) is 0 Å². The molecule has 2 aliphatic rings. The Labute approximate surface area is 87.1 Å². The van der Waals surface area contributed by atoms with E-state index in [2.05, 4.69) is 13.8 Å². The Morgan fingerprint density at radius 1 is 1.31 bits per heavy atom. The summed E-state index contributed by atoms with van der Waals surface area (Å²) in [5, 5.41) is 0. The van der Waals surface area contributed by atoms with Crippen LogP contribution in [0.25, 0.3) is 0 Å². The highest BCUT2D eigenvalue weighted by molar-refractivity contribution is 7.80. The van der Waals surface area contributed by atoms with Gasteiger partial charge in [-0.05, 0) is 50.4 Å². The van der Waals surface area contributed by atoms with Crippen molar-refractivity contribution < 1.29 is 0 Å². The second kappa shape index (κ2) is 3.34. The van der Waals surface area contributed by atoms with Gasteiger partial charge in [0, 0.05) is 10.3 Å². The van der Waals surface area contributed by atoms with Gasteiger partial charge in [-0.2, -0.15) is 0 Å². The van der Waals surface area contributed by atoms with Crippen LogP contribution in [0.15, 0.2) is 0 Å². The lowest BCUT2D eigenvalue weighted by molar-refractivity contribution is 0.262. The van der Waals surface area contributed by atoms with Gasteiger partial charge in [-0.15, -0.1) is 0 Å². The van der Waals surface area contributed by atoms with Gasteiger partial charge in [0.05, 0.1) is 0 Å². The van der Waals surface area contributed by atoms with Gasteiger partial charge in [0.15, 0.2) is 0 Å². The maximum atomic E-state index is 5.68. The predicted molar refractivity (Wildman–Crippen MR) is 61.1 cm³/mol. The molecule has 0 aromatic carbocycles. The first-order valence-electron chi connectivity index (χ1n) is 5.76. The van der Waals surface area contributed by atoms with Crippen LogP contribution in [0.2, 0.25) is 0 Å². The lowest BCUT2D eigenvalue weighted by Gasteiger charge is -2.40. The van der Waals surface area contributed by atoms with Gasteiger partial charge in [-0.1, -0.05) is 26.1 Å². The topological polar surface area (TPSA) is 0 Å². The first-order chi connectivity index (χ1) is 6.22. The minimum atomic E-state index is 0.458. The van der Waals surface area contributed by atoms with Gasteiger partial charge >= 0.3 is 0 Å². The molecule has 2 saturated carbocycles. The summed E-state index contributed by atoms with van der Waals surface area (Å²) in [6.07, 6.45) is 8.21. The fourth-order valence-corrected chi connectivity index (χ4v) is 4.06. The summed E-state index contributed by atoms with van der Waals surface area (Å²) in [4.78, 5) is 1.44. The molecule has 2 aliphatic carbocycles. The summed E-state index contributed by atoms with van der Waals surface area (Å²) in [5.41, 5.74) is 0.458. The number of thiocarbonyl (C=S) groups is 1. The molecule has 0 spiro atoms. The third-order valence-electron chi connectivity index (χ3n) is 4.47. The second-order valence-corrected chi connectivity index (χ2v) is 5.37. The van der Waals surface area contributed by atoms with Crippen LogP contribution in [-0.2, 0) is 0 Å². The van der Waals surface area contributed by atoms with Crippen LogP contribution in [0, 0.1) is 17.3 Å². The smallest absolute Gasteiger partial charge is 0.00211 e. The van der Waals surface area contributed by atoms with Crippen LogP contribution in [0.5, 0.6) is 0 Å². The van der Waals surface area contributed by atoms with Crippen LogP contribution < -0.4 is 0 Å². The maximum absolute atomic E-state index is 5.68. The molecule has 0 aromatic heterocycles. The van der Waals surface area contributed by atoms with E-state index >= 15 is 0 Å². The van der Waals surface area contributed by atoms with E-state index in [1.165, 1.54) is 43.4 Å². The fourth-order valence-electron chi connectivity index (χ4n) is 3.47. The van der Waals surface area contributed by atoms with E-state index < -0.39 is 0 Å². The largest absolute Gasteiger partial charge is 0.0888 e. The average Bonchev–Trinajstić information content (AvgIpc) is 2.57. The standard InChI is InChI=1S/C12H20S/c1-3-12(4-2)8-9-5-6-10(7-9)11(12)13/h9-10H,3-8H2,1-2H3. The Hall–Kier alpha value is 0.0900. The quantitative estimate of drug-likeness (QED) is 0.602. The lowest BCUT2D eigenvalue weighted by Crippen LogP contribution is -2.37. The second-order valence-electron chi connectivity index (χ2n) is 4.93. The van der Waals surface area contributed by atoms with E-state index in [1.54, 1.807) is 0 Å². The van der Waals surface area contributed by atoms with Crippen molar-refractivity contribution in [3.63, 3.8) is 0 Å². The van der Waals surface area contributed by atoms with E-state index in [-0.39, 0.29) is 0 Å². The average molecular weight is 196 g/mol. The summed E-state index contributed by atoms with van der Waals surface area (Å²) in [6, 6.07) is 0. The first-order valence-corrected chi connectivity index (χ1v) is 6.17. The van der Waals surface area contributed by atoms with Crippen molar-refractivity contribution in [2.75, 3.05) is 0 Å². The summed E-state index contributed by atoms with van der Waals surface area (Å²) in [7, 11) is 0. The zero-order chi connectivity index (χ0) is 9.47. The first kappa shape index (κ1) is 9.64. The van der Waals surface area contributed by atoms with Crippen molar-refractivity contribution in [1.29, 1.82) is 0 Å². The van der Waals surface area contributed by atoms with Crippen LogP contribution in [0.1, 0.15) is 52.4 Å². The van der Waals surface area contributed by atoms with Gasteiger partial charge in [0.1, 0.15) is 0 Å². The molecule has 13 heavy (non-hydrogen) atoms. The fraction of sp³-hybridized carbons (Fsp3) is 0.917. The van der Waals surface area contributed by atoms with E-state index in [9.17, 15) is 0 Å². The third-order valence-corrected chi connectivity index (χ3v) is 5.23. The maximum Gasteiger partial charge on any atom is 0.00211 e. The van der Waals surface area contributed by atoms with Crippen LogP contribution >= 0.6 is 12.2 Å².